The highest BCUT2D eigenvalue weighted by atomic mass is 19.1. The van der Waals surface area contributed by atoms with Crippen molar-refractivity contribution in [3.05, 3.63) is 95.3 Å². The van der Waals surface area contributed by atoms with E-state index in [0.29, 0.717) is 16.9 Å². The van der Waals surface area contributed by atoms with Crippen molar-refractivity contribution < 1.29 is 23.2 Å². The van der Waals surface area contributed by atoms with Gasteiger partial charge in [-0.25, -0.2) is 8.78 Å². The number of halogens is 2. The number of nitrogens with one attached hydrogen (secondary N) is 3. The van der Waals surface area contributed by atoms with Gasteiger partial charge in [-0.15, -0.1) is 0 Å². The number of carbonyl (C=O) groups excluding carboxylic acids is 3. The molecular weight excluding hydrogens is 442 g/mol. The zero-order chi connectivity index (χ0) is 24.7. The van der Waals surface area contributed by atoms with Crippen molar-refractivity contribution in [2.24, 2.45) is 5.92 Å². The Balaban J connectivity index is 1.68. The van der Waals surface area contributed by atoms with Crippen LogP contribution in [-0.2, 0) is 11.3 Å². The van der Waals surface area contributed by atoms with Crippen LogP contribution in [0.2, 0.25) is 0 Å². The number of hydrogen-bond donors (Lipinski definition) is 3. The highest BCUT2D eigenvalue weighted by Crippen LogP contribution is 2.16. The van der Waals surface area contributed by atoms with E-state index in [9.17, 15) is 23.2 Å². The number of amides is 3. The molecule has 3 aromatic rings. The second-order valence-electron chi connectivity index (χ2n) is 7.87. The number of aromatic nitrogens is 1. The average Bonchev–Trinajstić information content (AvgIpc) is 2.81. The Morgan fingerprint density at radius 2 is 1.62 bits per heavy atom. The van der Waals surface area contributed by atoms with Crippen molar-refractivity contribution in [1.29, 1.82) is 0 Å². The van der Waals surface area contributed by atoms with Crippen LogP contribution >= 0.6 is 0 Å². The maximum absolute atomic E-state index is 13.9. The Morgan fingerprint density at radius 1 is 0.912 bits per heavy atom. The lowest BCUT2D eigenvalue weighted by molar-refractivity contribution is -0.118. The van der Waals surface area contributed by atoms with Crippen molar-refractivity contribution in [2.75, 3.05) is 5.32 Å². The van der Waals surface area contributed by atoms with Crippen LogP contribution in [0.15, 0.2) is 66.9 Å². The second kappa shape index (κ2) is 11.1. The summed E-state index contributed by atoms with van der Waals surface area (Å²) in [4.78, 5) is 41.9. The minimum atomic E-state index is -1.08. The number of hydrogen-bond acceptors (Lipinski definition) is 4. The molecule has 34 heavy (non-hydrogen) atoms. The van der Waals surface area contributed by atoms with Gasteiger partial charge in [-0.3, -0.25) is 19.4 Å². The van der Waals surface area contributed by atoms with Gasteiger partial charge < -0.3 is 16.0 Å². The molecule has 9 heteroatoms. The van der Waals surface area contributed by atoms with E-state index >= 15 is 0 Å². The smallest absolute Gasteiger partial charge is 0.257 e. The van der Waals surface area contributed by atoms with Crippen LogP contribution in [0.5, 0.6) is 0 Å². The van der Waals surface area contributed by atoms with Crippen LogP contribution in [-0.4, -0.2) is 28.7 Å². The predicted octanol–water partition coefficient (Wildman–Crippen LogP) is 3.68. The second-order valence-corrected chi connectivity index (χ2v) is 7.87. The van der Waals surface area contributed by atoms with E-state index in [0.717, 1.165) is 18.2 Å². The molecule has 1 atom stereocenters. The fourth-order valence-electron chi connectivity index (χ4n) is 3.20. The van der Waals surface area contributed by atoms with Crippen molar-refractivity contribution >= 4 is 23.4 Å². The van der Waals surface area contributed by atoms with E-state index in [2.05, 4.69) is 20.9 Å². The summed E-state index contributed by atoms with van der Waals surface area (Å²) in [5.41, 5.74) is 0.578. The topological polar surface area (TPSA) is 100 Å². The van der Waals surface area contributed by atoms with Gasteiger partial charge >= 0.3 is 0 Å². The van der Waals surface area contributed by atoms with Crippen LogP contribution in [0.3, 0.4) is 0 Å². The van der Waals surface area contributed by atoms with Gasteiger partial charge in [0.25, 0.3) is 11.8 Å². The maximum atomic E-state index is 13.9. The molecule has 176 valence electrons. The predicted molar refractivity (Wildman–Crippen MR) is 123 cm³/mol. The third-order valence-corrected chi connectivity index (χ3v) is 4.97. The minimum absolute atomic E-state index is 0.240. The first-order chi connectivity index (χ1) is 16.3. The Bertz CT molecular complexity index is 1170. The molecule has 0 spiro atoms. The Hall–Kier alpha value is -4.14. The van der Waals surface area contributed by atoms with Crippen LogP contribution in [0.25, 0.3) is 0 Å². The molecule has 0 aliphatic carbocycles. The molecule has 0 aliphatic rings. The van der Waals surface area contributed by atoms with Gasteiger partial charge in [-0.2, -0.15) is 0 Å². The lowest BCUT2D eigenvalue weighted by Gasteiger charge is -2.22. The van der Waals surface area contributed by atoms with Crippen molar-refractivity contribution in [2.45, 2.75) is 26.4 Å². The summed E-state index contributed by atoms with van der Waals surface area (Å²) in [6, 6.07) is 13.6. The minimum Gasteiger partial charge on any atom is -0.346 e. The first-order valence-corrected chi connectivity index (χ1v) is 10.6. The third kappa shape index (κ3) is 6.22. The molecule has 3 N–H and O–H groups in total. The van der Waals surface area contributed by atoms with E-state index in [1.165, 1.54) is 6.07 Å². The first-order valence-electron chi connectivity index (χ1n) is 10.6. The van der Waals surface area contributed by atoms with Gasteiger partial charge in [0.2, 0.25) is 5.91 Å². The highest BCUT2D eigenvalue weighted by Gasteiger charge is 2.27. The molecule has 1 aromatic heterocycles. The highest BCUT2D eigenvalue weighted by molar-refractivity contribution is 6.02. The van der Waals surface area contributed by atoms with Crippen molar-refractivity contribution in [1.82, 2.24) is 15.6 Å². The molecule has 7 nitrogen and oxygen atoms in total. The van der Waals surface area contributed by atoms with Crippen molar-refractivity contribution in [3.63, 3.8) is 0 Å². The van der Waals surface area contributed by atoms with Crippen LogP contribution in [0.1, 0.15) is 40.3 Å². The van der Waals surface area contributed by atoms with Crippen LogP contribution in [0, 0.1) is 17.6 Å². The largest absolute Gasteiger partial charge is 0.346 e. The molecule has 0 saturated heterocycles. The van der Waals surface area contributed by atoms with Crippen LogP contribution < -0.4 is 16.0 Å². The molecule has 0 saturated carbocycles. The van der Waals surface area contributed by atoms with E-state index in [-0.39, 0.29) is 18.4 Å². The zero-order valence-corrected chi connectivity index (χ0v) is 18.6. The van der Waals surface area contributed by atoms with Crippen LogP contribution in [0.4, 0.5) is 14.5 Å². The van der Waals surface area contributed by atoms with Gasteiger partial charge in [0.15, 0.2) is 0 Å². The first kappa shape index (κ1) is 24.5. The summed E-state index contributed by atoms with van der Waals surface area (Å²) in [6.45, 7) is 3.61. The Morgan fingerprint density at radius 3 is 2.26 bits per heavy atom. The van der Waals surface area contributed by atoms with E-state index in [1.54, 1.807) is 50.4 Å². The molecule has 0 fully saturated rings. The van der Waals surface area contributed by atoms with E-state index in [4.69, 9.17) is 0 Å². The van der Waals surface area contributed by atoms with E-state index < -0.39 is 35.1 Å². The normalized spacial score (nSPS) is 11.6. The molecule has 0 aliphatic heterocycles. The molecule has 2 aromatic carbocycles. The fraction of sp³-hybridized carbons (Fsp3) is 0.200. The average molecular weight is 466 g/mol. The molecular formula is C25H24F2N4O3. The van der Waals surface area contributed by atoms with E-state index in [1.807, 2.05) is 6.07 Å². The molecule has 0 unspecified atom stereocenters. The summed E-state index contributed by atoms with van der Waals surface area (Å²) in [5, 5.41) is 7.79. The summed E-state index contributed by atoms with van der Waals surface area (Å²) >= 11 is 0. The van der Waals surface area contributed by atoms with Gasteiger partial charge in [0.1, 0.15) is 23.2 Å². The fourth-order valence-corrected chi connectivity index (χ4v) is 3.20. The van der Waals surface area contributed by atoms with Gasteiger partial charge in [0.05, 0.1) is 12.2 Å². The Labute approximate surface area is 195 Å². The number of benzene rings is 2. The Kier molecular flexibility index (Phi) is 8.02. The SMILES string of the molecule is CC(C)[C@H](NC(=O)c1c(F)cccc1F)C(=O)Nc1cccc(C(=O)NCc2ccccn2)c1. The molecule has 1 heterocycles. The number of nitrogens with zero attached hydrogens (tertiary/aromatic N) is 1. The number of anilines is 1. The summed E-state index contributed by atoms with van der Waals surface area (Å²) in [5.74, 6) is -4.41. The van der Waals surface area contributed by atoms with Gasteiger partial charge in [-0.05, 0) is 48.4 Å². The van der Waals surface area contributed by atoms with Gasteiger partial charge in [0, 0.05) is 17.4 Å². The summed E-state index contributed by atoms with van der Waals surface area (Å²) < 4.78 is 27.9. The number of rotatable bonds is 8. The molecule has 3 rings (SSSR count). The molecule has 0 bridgehead atoms. The molecule has 0 radical (unpaired) electrons. The summed E-state index contributed by atoms with van der Waals surface area (Å²) in [7, 11) is 0. The lowest BCUT2D eigenvalue weighted by Crippen LogP contribution is -2.47. The molecule has 3 amide bonds. The quantitative estimate of drug-likeness (QED) is 0.472. The maximum Gasteiger partial charge on any atom is 0.257 e. The standard InChI is InChI=1S/C25H24F2N4O3/c1-15(2)22(31-24(33)21-19(26)10-6-11-20(21)27)25(34)30-17-9-5-7-16(13-17)23(32)29-14-18-8-3-4-12-28-18/h3-13,15,22H,14H2,1-2H3,(H,29,32)(H,30,34)(H,31,33)/t22-/m0/s1. The number of pyridine rings is 1. The monoisotopic (exact) mass is 466 g/mol. The number of carbonyl (C=O) groups is 3. The zero-order valence-electron chi connectivity index (χ0n) is 18.6. The summed E-state index contributed by atoms with van der Waals surface area (Å²) in [6.07, 6.45) is 1.63. The lowest BCUT2D eigenvalue weighted by atomic mass is 10.0. The van der Waals surface area contributed by atoms with Crippen molar-refractivity contribution in [3.8, 4) is 0 Å². The van der Waals surface area contributed by atoms with Gasteiger partial charge in [-0.1, -0.05) is 32.0 Å². The third-order valence-electron chi connectivity index (χ3n) is 4.97.